The summed E-state index contributed by atoms with van der Waals surface area (Å²) in [6.45, 7) is 0. The van der Waals surface area contributed by atoms with Gasteiger partial charge in [-0.05, 0) is 36.4 Å². The predicted molar refractivity (Wildman–Crippen MR) is 97.3 cm³/mol. The Morgan fingerprint density at radius 2 is 1.78 bits per heavy atom. The minimum absolute atomic E-state index is 0.0615. The fourth-order valence-electron chi connectivity index (χ4n) is 2.39. The number of aromatic nitrogens is 2. The molecule has 0 unspecified atom stereocenters. The molecule has 0 aliphatic rings. The molecule has 0 atom stereocenters. The summed E-state index contributed by atoms with van der Waals surface area (Å²) in [5.74, 6) is -0.627. The zero-order valence-electron chi connectivity index (χ0n) is 14.0. The molecule has 0 fully saturated rings. The largest absolute Gasteiger partial charge is 0.435 e. The summed E-state index contributed by atoms with van der Waals surface area (Å²) in [6, 6.07) is 14.3. The summed E-state index contributed by atoms with van der Waals surface area (Å²) in [5, 5.41) is 9.49. The standard InChI is InChI=1S/C18H14ClF3N4O/c1-26-16(10-15(25-26)18(20,21)22)24-17(27)13-4-2-3-5-14(13)23-12-8-6-11(19)7-9-12/h2-10,23H,1H3,(H,24,27). The lowest BCUT2D eigenvalue weighted by molar-refractivity contribution is -0.141. The van der Waals surface area contributed by atoms with Crippen molar-refractivity contribution in [1.82, 2.24) is 9.78 Å². The molecule has 1 aromatic heterocycles. The SMILES string of the molecule is Cn1nc(C(F)(F)F)cc1NC(=O)c1ccccc1Nc1ccc(Cl)cc1. The van der Waals surface area contributed by atoms with Crippen LogP contribution in [0, 0.1) is 0 Å². The Hall–Kier alpha value is -3.00. The van der Waals surface area contributed by atoms with Crippen LogP contribution >= 0.6 is 11.6 Å². The number of rotatable bonds is 4. The second kappa shape index (κ2) is 7.32. The maximum Gasteiger partial charge on any atom is 0.435 e. The number of nitrogens with zero attached hydrogens (tertiary/aromatic N) is 2. The van der Waals surface area contributed by atoms with Gasteiger partial charge in [0.25, 0.3) is 5.91 Å². The molecule has 0 radical (unpaired) electrons. The number of hydrogen-bond acceptors (Lipinski definition) is 3. The first-order valence-electron chi connectivity index (χ1n) is 7.78. The minimum atomic E-state index is -4.59. The van der Waals surface area contributed by atoms with Crippen LogP contribution in [0.3, 0.4) is 0 Å². The van der Waals surface area contributed by atoms with Crippen LogP contribution < -0.4 is 10.6 Å². The molecular weight excluding hydrogens is 381 g/mol. The van der Waals surface area contributed by atoms with Gasteiger partial charge in [0.1, 0.15) is 5.82 Å². The summed E-state index contributed by atoms with van der Waals surface area (Å²) < 4.78 is 39.3. The van der Waals surface area contributed by atoms with Crippen molar-refractivity contribution in [3.8, 4) is 0 Å². The molecule has 140 valence electrons. The number of hydrogen-bond donors (Lipinski definition) is 2. The number of aryl methyl sites for hydroxylation is 1. The summed E-state index contributed by atoms with van der Waals surface area (Å²) in [5.41, 5.74) is 0.394. The molecule has 9 heteroatoms. The van der Waals surface area contributed by atoms with Crippen molar-refractivity contribution in [3.63, 3.8) is 0 Å². The molecule has 3 rings (SSSR count). The van der Waals surface area contributed by atoms with E-state index in [0.717, 1.165) is 10.7 Å². The monoisotopic (exact) mass is 394 g/mol. The number of para-hydroxylation sites is 1. The topological polar surface area (TPSA) is 59.0 Å². The van der Waals surface area contributed by atoms with Crippen LogP contribution in [0.5, 0.6) is 0 Å². The molecule has 3 aromatic rings. The lowest BCUT2D eigenvalue weighted by atomic mass is 10.1. The highest BCUT2D eigenvalue weighted by molar-refractivity contribution is 6.30. The van der Waals surface area contributed by atoms with E-state index in [1.165, 1.54) is 7.05 Å². The number of amides is 1. The van der Waals surface area contributed by atoms with Gasteiger partial charge in [0.15, 0.2) is 5.69 Å². The highest BCUT2D eigenvalue weighted by Crippen LogP contribution is 2.30. The molecule has 5 nitrogen and oxygen atoms in total. The van der Waals surface area contributed by atoms with Crippen LogP contribution in [0.4, 0.5) is 30.4 Å². The van der Waals surface area contributed by atoms with Gasteiger partial charge in [-0.25, -0.2) is 0 Å². The Balaban J connectivity index is 1.83. The van der Waals surface area contributed by atoms with Crippen molar-refractivity contribution < 1.29 is 18.0 Å². The van der Waals surface area contributed by atoms with Crippen molar-refractivity contribution in [1.29, 1.82) is 0 Å². The molecule has 0 saturated carbocycles. The van der Waals surface area contributed by atoms with Gasteiger partial charge in [-0.3, -0.25) is 9.48 Å². The zero-order valence-corrected chi connectivity index (χ0v) is 14.8. The van der Waals surface area contributed by atoms with E-state index in [0.29, 0.717) is 16.4 Å². The van der Waals surface area contributed by atoms with Crippen LogP contribution in [0.2, 0.25) is 5.02 Å². The number of anilines is 3. The highest BCUT2D eigenvalue weighted by Gasteiger charge is 2.34. The average molecular weight is 395 g/mol. The predicted octanol–water partition coefficient (Wildman–Crippen LogP) is 5.09. The Kier molecular flexibility index (Phi) is 5.09. The van der Waals surface area contributed by atoms with Crippen molar-refractivity contribution in [3.05, 3.63) is 70.9 Å². The molecule has 0 aliphatic carbocycles. The van der Waals surface area contributed by atoms with E-state index < -0.39 is 17.8 Å². The number of nitrogens with one attached hydrogen (secondary N) is 2. The van der Waals surface area contributed by atoms with E-state index in [2.05, 4.69) is 15.7 Å². The van der Waals surface area contributed by atoms with E-state index in [1.54, 1.807) is 48.5 Å². The van der Waals surface area contributed by atoms with E-state index in [4.69, 9.17) is 11.6 Å². The van der Waals surface area contributed by atoms with E-state index in [9.17, 15) is 18.0 Å². The van der Waals surface area contributed by atoms with Gasteiger partial charge in [-0.1, -0.05) is 23.7 Å². The third-order valence-corrected chi connectivity index (χ3v) is 3.96. The summed E-state index contributed by atoms with van der Waals surface area (Å²) in [4.78, 5) is 12.6. The average Bonchev–Trinajstić information content (AvgIpc) is 2.98. The Morgan fingerprint density at radius 1 is 1.11 bits per heavy atom. The van der Waals surface area contributed by atoms with Gasteiger partial charge in [-0.15, -0.1) is 0 Å². The third-order valence-electron chi connectivity index (χ3n) is 3.71. The second-order valence-corrected chi connectivity index (χ2v) is 6.10. The molecule has 1 heterocycles. The van der Waals surface area contributed by atoms with Gasteiger partial charge in [0.05, 0.1) is 11.3 Å². The maximum absolute atomic E-state index is 12.8. The first-order valence-corrected chi connectivity index (χ1v) is 8.16. The molecular formula is C18H14ClF3N4O. The first-order chi connectivity index (χ1) is 12.7. The van der Waals surface area contributed by atoms with Crippen LogP contribution in [0.25, 0.3) is 0 Å². The van der Waals surface area contributed by atoms with Crippen LogP contribution in [0.15, 0.2) is 54.6 Å². The summed E-state index contributed by atoms with van der Waals surface area (Å²) in [6.07, 6.45) is -4.59. The second-order valence-electron chi connectivity index (χ2n) is 5.67. The molecule has 27 heavy (non-hydrogen) atoms. The van der Waals surface area contributed by atoms with Gasteiger partial charge in [0, 0.05) is 23.8 Å². The summed E-state index contributed by atoms with van der Waals surface area (Å²) >= 11 is 5.86. The van der Waals surface area contributed by atoms with Crippen LogP contribution in [0.1, 0.15) is 16.1 Å². The summed E-state index contributed by atoms with van der Waals surface area (Å²) in [7, 11) is 1.32. The molecule has 2 aromatic carbocycles. The molecule has 0 spiro atoms. The van der Waals surface area contributed by atoms with Crippen molar-refractivity contribution in [2.45, 2.75) is 6.18 Å². The van der Waals surface area contributed by atoms with E-state index in [1.807, 2.05) is 0 Å². The van der Waals surface area contributed by atoms with Crippen molar-refractivity contribution >= 4 is 34.7 Å². The van der Waals surface area contributed by atoms with Crippen molar-refractivity contribution in [2.75, 3.05) is 10.6 Å². The van der Waals surface area contributed by atoms with Crippen LogP contribution in [-0.4, -0.2) is 15.7 Å². The Morgan fingerprint density at radius 3 is 2.41 bits per heavy atom. The molecule has 0 bridgehead atoms. The minimum Gasteiger partial charge on any atom is -0.355 e. The van der Waals surface area contributed by atoms with Crippen LogP contribution in [-0.2, 0) is 13.2 Å². The van der Waals surface area contributed by atoms with Gasteiger partial charge in [0.2, 0.25) is 0 Å². The lowest BCUT2D eigenvalue weighted by Crippen LogP contribution is -2.16. The van der Waals surface area contributed by atoms with Gasteiger partial charge < -0.3 is 10.6 Å². The van der Waals surface area contributed by atoms with Gasteiger partial charge in [-0.2, -0.15) is 18.3 Å². The number of carbonyl (C=O) groups excluding carboxylic acids is 1. The number of carbonyl (C=O) groups is 1. The molecule has 2 N–H and O–H groups in total. The van der Waals surface area contributed by atoms with Crippen molar-refractivity contribution in [2.24, 2.45) is 7.05 Å². The fourth-order valence-corrected chi connectivity index (χ4v) is 2.51. The fraction of sp³-hybridized carbons (Fsp3) is 0.111. The lowest BCUT2D eigenvalue weighted by Gasteiger charge is -2.12. The van der Waals surface area contributed by atoms with E-state index in [-0.39, 0.29) is 11.4 Å². The first kappa shape index (κ1) is 18.8. The zero-order chi connectivity index (χ0) is 19.6. The highest BCUT2D eigenvalue weighted by atomic mass is 35.5. The molecule has 0 aliphatic heterocycles. The Labute approximate surface area is 157 Å². The smallest absolute Gasteiger partial charge is 0.355 e. The van der Waals surface area contributed by atoms with E-state index >= 15 is 0 Å². The Bertz CT molecular complexity index is 967. The maximum atomic E-state index is 12.8. The number of halogens is 4. The van der Waals surface area contributed by atoms with Gasteiger partial charge >= 0.3 is 6.18 Å². The quantitative estimate of drug-likeness (QED) is 0.648. The third kappa shape index (κ3) is 4.40. The normalized spacial score (nSPS) is 11.3. The number of benzene rings is 2. The molecule has 1 amide bonds. The number of alkyl halides is 3. The molecule has 0 saturated heterocycles.